The van der Waals surface area contributed by atoms with Gasteiger partial charge in [0.15, 0.2) is 0 Å². The van der Waals surface area contributed by atoms with E-state index in [4.69, 9.17) is 5.73 Å². The number of nitrogens with zero attached hydrogens (tertiary/aromatic N) is 1. The Bertz CT molecular complexity index is 908. The highest BCUT2D eigenvalue weighted by molar-refractivity contribution is 5.79. The molecule has 0 radical (unpaired) electrons. The van der Waals surface area contributed by atoms with E-state index in [0.717, 1.165) is 18.5 Å². The van der Waals surface area contributed by atoms with Crippen LogP contribution >= 0.6 is 0 Å². The van der Waals surface area contributed by atoms with Crippen LogP contribution in [0, 0.1) is 5.41 Å². The standard InChI is InChI=1S/C18H21N5O/c19-17-22-15-14(16(24)23-17)13(10-21-15)9-20-11-18(6-7-18)8-12-4-2-1-3-5-12/h1-5,10,20H,6-9,11H2,(H4,19,21,22,23,24). The second-order valence-corrected chi connectivity index (χ2v) is 6.75. The molecule has 0 bridgehead atoms. The molecule has 124 valence electrons. The van der Waals surface area contributed by atoms with E-state index in [2.05, 4.69) is 50.6 Å². The number of anilines is 1. The van der Waals surface area contributed by atoms with E-state index in [1.807, 2.05) is 6.20 Å². The van der Waals surface area contributed by atoms with Gasteiger partial charge in [-0.3, -0.25) is 9.78 Å². The molecule has 6 heteroatoms. The second kappa shape index (κ2) is 5.79. The van der Waals surface area contributed by atoms with Crippen LogP contribution in [0.2, 0.25) is 0 Å². The van der Waals surface area contributed by atoms with Gasteiger partial charge >= 0.3 is 0 Å². The number of fused-ring (bicyclic) bond motifs is 1. The van der Waals surface area contributed by atoms with Gasteiger partial charge in [0.1, 0.15) is 5.65 Å². The molecule has 0 unspecified atom stereocenters. The van der Waals surface area contributed by atoms with Gasteiger partial charge in [-0.2, -0.15) is 4.98 Å². The molecule has 0 atom stereocenters. The molecule has 0 spiro atoms. The van der Waals surface area contributed by atoms with E-state index < -0.39 is 0 Å². The molecule has 1 aromatic carbocycles. The summed E-state index contributed by atoms with van der Waals surface area (Å²) < 4.78 is 0. The first-order valence-electron chi connectivity index (χ1n) is 8.26. The lowest BCUT2D eigenvalue weighted by Crippen LogP contribution is -2.25. The lowest BCUT2D eigenvalue weighted by atomic mass is 9.96. The maximum Gasteiger partial charge on any atom is 0.262 e. The Morgan fingerprint density at radius 1 is 1.25 bits per heavy atom. The quantitative estimate of drug-likeness (QED) is 0.557. The first-order valence-corrected chi connectivity index (χ1v) is 8.26. The Morgan fingerprint density at radius 2 is 2.04 bits per heavy atom. The number of aromatic nitrogens is 3. The molecule has 24 heavy (non-hydrogen) atoms. The van der Waals surface area contributed by atoms with Crippen molar-refractivity contribution in [2.45, 2.75) is 25.8 Å². The number of hydrogen-bond donors (Lipinski definition) is 4. The molecule has 6 nitrogen and oxygen atoms in total. The minimum absolute atomic E-state index is 0.133. The molecule has 1 aliphatic rings. The number of nitrogens with two attached hydrogens (primary N) is 1. The van der Waals surface area contributed by atoms with Crippen molar-refractivity contribution in [2.24, 2.45) is 5.41 Å². The fraction of sp³-hybridized carbons (Fsp3) is 0.333. The van der Waals surface area contributed by atoms with Crippen LogP contribution in [0.3, 0.4) is 0 Å². The largest absolute Gasteiger partial charge is 0.369 e. The number of H-pyrrole nitrogens is 2. The smallest absolute Gasteiger partial charge is 0.262 e. The second-order valence-electron chi connectivity index (χ2n) is 6.75. The average Bonchev–Trinajstić information content (AvgIpc) is 3.19. The Morgan fingerprint density at radius 3 is 2.79 bits per heavy atom. The number of aromatic amines is 2. The summed E-state index contributed by atoms with van der Waals surface area (Å²) in [4.78, 5) is 21.8. The maximum absolute atomic E-state index is 12.1. The molecule has 5 N–H and O–H groups in total. The van der Waals surface area contributed by atoms with Crippen LogP contribution < -0.4 is 16.6 Å². The summed E-state index contributed by atoms with van der Waals surface area (Å²) in [6.45, 7) is 1.60. The Hall–Kier alpha value is -2.60. The molecule has 0 amide bonds. The number of rotatable bonds is 6. The molecular formula is C18H21N5O. The number of nitrogens with one attached hydrogen (secondary N) is 3. The number of hydrogen-bond acceptors (Lipinski definition) is 4. The third-order valence-corrected chi connectivity index (χ3v) is 4.84. The molecule has 1 saturated carbocycles. The van der Waals surface area contributed by atoms with E-state index in [0.29, 0.717) is 23.0 Å². The van der Waals surface area contributed by atoms with Crippen LogP contribution in [0.1, 0.15) is 24.0 Å². The predicted octanol–water partition coefficient (Wildman–Crippen LogP) is 1.95. The molecule has 1 fully saturated rings. The minimum Gasteiger partial charge on any atom is -0.369 e. The average molecular weight is 323 g/mol. The molecule has 4 rings (SSSR count). The van der Waals surface area contributed by atoms with Crippen molar-refractivity contribution in [1.82, 2.24) is 20.3 Å². The lowest BCUT2D eigenvalue weighted by molar-refractivity contribution is 0.455. The third kappa shape index (κ3) is 2.92. The fourth-order valence-electron chi connectivity index (χ4n) is 3.34. The summed E-state index contributed by atoms with van der Waals surface area (Å²) in [5.74, 6) is 0.133. The predicted molar refractivity (Wildman–Crippen MR) is 94.6 cm³/mol. The summed E-state index contributed by atoms with van der Waals surface area (Å²) >= 11 is 0. The molecular weight excluding hydrogens is 302 g/mol. The fourth-order valence-corrected chi connectivity index (χ4v) is 3.34. The van der Waals surface area contributed by atoms with E-state index in [1.165, 1.54) is 18.4 Å². The zero-order chi connectivity index (χ0) is 16.6. The van der Waals surface area contributed by atoms with Crippen molar-refractivity contribution in [1.29, 1.82) is 0 Å². The summed E-state index contributed by atoms with van der Waals surface area (Å²) in [6.07, 6.45) is 5.44. The molecule has 3 aromatic rings. The Labute approximate surface area is 139 Å². The maximum atomic E-state index is 12.1. The van der Waals surface area contributed by atoms with Crippen molar-refractivity contribution in [3.63, 3.8) is 0 Å². The van der Waals surface area contributed by atoms with E-state index in [9.17, 15) is 4.79 Å². The summed E-state index contributed by atoms with van der Waals surface area (Å²) in [6, 6.07) is 10.6. The van der Waals surface area contributed by atoms with Crippen molar-refractivity contribution in [3.05, 3.63) is 58.0 Å². The molecule has 0 saturated heterocycles. The van der Waals surface area contributed by atoms with Crippen LogP contribution in [-0.2, 0) is 13.0 Å². The van der Waals surface area contributed by atoms with Crippen LogP contribution in [-0.4, -0.2) is 21.5 Å². The van der Waals surface area contributed by atoms with Gasteiger partial charge in [-0.15, -0.1) is 0 Å². The van der Waals surface area contributed by atoms with Crippen molar-refractivity contribution in [2.75, 3.05) is 12.3 Å². The van der Waals surface area contributed by atoms with Gasteiger partial charge in [0.2, 0.25) is 5.95 Å². The summed E-state index contributed by atoms with van der Waals surface area (Å²) in [5.41, 5.74) is 8.59. The van der Waals surface area contributed by atoms with Crippen LogP contribution in [0.15, 0.2) is 41.3 Å². The van der Waals surface area contributed by atoms with Crippen LogP contribution in [0.25, 0.3) is 11.0 Å². The third-order valence-electron chi connectivity index (χ3n) is 4.84. The molecule has 2 aromatic heterocycles. The molecule has 0 aliphatic heterocycles. The number of benzene rings is 1. The van der Waals surface area contributed by atoms with Crippen molar-refractivity contribution >= 4 is 17.0 Å². The molecule has 1 aliphatic carbocycles. The first-order chi connectivity index (χ1) is 11.7. The first kappa shape index (κ1) is 15.0. The highest BCUT2D eigenvalue weighted by atomic mass is 16.1. The van der Waals surface area contributed by atoms with Crippen molar-refractivity contribution < 1.29 is 0 Å². The van der Waals surface area contributed by atoms with Crippen LogP contribution in [0.4, 0.5) is 5.95 Å². The number of nitrogen functional groups attached to an aromatic ring is 1. The highest BCUT2D eigenvalue weighted by Gasteiger charge is 2.41. The van der Waals surface area contributed by atoms with E-state index in [1.54, 1.807) is 0 Å². The Balaban J connectivity index is 1.42. The van der Waals surface area contributed by atoms with Gasteiger partial charge in [0.25, 0.3) is 5.56 Å². The zero-order valence-corrected chi connectivity index (χ0v) is 13.4. The summed E-state index contributed by atoms with van der Waals surface area (Å²) in [5, 5.41) is 4.10. The highest BCUT2D eigenvalue weighted by Crippen LogP contribution is 2.47. The monoisotopic (exact) mass is 323 g/mol. The minimum atomic E-state index is -0.194. The van der Waals surface area contributed by atoms with Gasteiger partial charge < -0.3 is 16.0 Å². The van der Waals surface area contributed by atoms with Gasteiger partial charge in [0.05, 0.1) is 5.39 Å². The van der Waals surface area contributed by atoms with Crippen molar-refractivity contribution in [3.8, 4) is 0 Å². The van der Waals surface area contributed by atoms with Gasteiger partial charge in [-0.25, -0.2) is 0 Å². The lowest BCUT2D eigenvalue weighted by Gasteiger charge is -2.16. The van der Waals surface area contributed by atoms with Gasteiger partial charge in [-0.05, 0) is 35.8 Å². The van der Waals surface area contributed by atoms with E-state index >= 15 is 0 Å². The van der Waals surface area contributed by atoms with Gasteiger partial charge in [-0.1, -0.05) is 30.3 Å². The SMILES string of the molecule is Nc1nc2[nH]cc(CNCC3(Cc4ccccc4)CC3)c2c(=O)[nH]1. The van der Waals surface area contributed by atoms with E-state index in [-0.39, 0.29) is 11.5 Å². The zero-order valence-electron chi connectivity index (χ0n) is 13.4. The molecule has 2 heterocycles. The normalized spacial score (nSPS) is 15.7. The van der Waals surface area contributed by atoms with Crippen LogP contribution in [0.5, 0.6) is 0 Å². The van der Waals surface area contributed by atoms with Gasteiger partial charge in [0, 0.05) is 19.3 Å². The summed E-state index contributed by atoms with van der Waals surface area (Å²) in [7, 11) is 0. The topological polar surface area (TPSA) is 99.6 Å². The Kier molecular flexibility index (Phi) is 3.61.